The molecule has 128 valence electrons. The molecule has 0 aliphatic heterocycles. The van der Waals surface area contributed by atoms with E-state index < -0.39 is 17.9 Å². The van der Waals surface area contributed by atoms with Crippen molar-refractivity contribution < 1.29 is 14.3 Å². The Kier molecular flexibility index (Phi) is 9.35. The zero-order valence-electron chi connectivity index (χ0n) is 13.3. The van der Waals surface area contributed by atoms with Gasteiger partial charge in [0.25, 0.3) is 5.91 Å². The standard InChI is InChI=1S/C14H20ClN3O3S2/c1-4-6-23-14-16-8-9(15)11(18-14)12(19)17-10(5-7-22-3)13(20)21-2/h8,10H,4-7H2,1-3H3,(H,17,19). The quantitative estimate of drug-likeness (QED) is 0.402. The molecular weight excluding hydrogens is 358 g/mol. The van der Waals surface area contributed by atoms with E-state index in [2.05, 4.69) is 15.3 Å². The summed E-state index contributed by atoms with van der Waals surface area (Å²) < 4.78 is 4.72. The SMILES string of the molecule is CCCSc1ncc(Cl)c(C(=O)NC(CCSC)C(=O)OC)n1. The molecule has 0 spiro atoms. The van der Waals surface area contributed by atoms with E-state index in [1.54, 1.807) is 11.8 Å². The van der Waals surface area contributed by atoms with Crippen LogP contribution in [0.1, 0.15) is 30.3 Å². The number of carbonyl (C=O) groups is 2. The average molecular weight is 378 g/mol. The third-order valence-corrected chi connectivity index (χ3v) is 4.76. The van der Waals surface area contributed by atoms with Crippen LogP contribution in [0.2, 0.25) is 5.02 Å². The minimum atomic E-state index is -0.724. The maximum absolute atomic E-state index is 12.4. The number of rotatable bonds is 9. The summed E-state index contributed by atoms with van der Waals surface area (Å²) in [6.45, 7) is 2.04. The van der Waals surface area contributed by atoms with E-state index in [1.807, 2.05) is 13.2 Å². The normalized spacial score (nSPS) is 11.8. The summed E-state index contributed by atoms with van der Waals surface area (Å²) in [7, 11) is 1.29. The number of halogens is 1. The molecule has 0 saturated carbocycles. The van der Waals surface area contributed by atoms with E-state index in [9.17, 15) is 9.59 Å². The minimum Gasteiger partial charge on any atom is -0.467 e. The van der Waals surface area contributed by atoms with Gasteiger partial charge in [0.05, 0.1) is 18.3 Å². The van der Waals surface area contributed by atoms with Crippen molar-refractivity contribution in [3.63, 3.8) is 0 Å². The van der Waals surface area contributed by atoms with Gasteiger partial charge in [-0.05, 0) is 24.9 Å². The van der Waals surface area contributed by atoms with Crippen LogP contribution in [0, 0.1) is 0 Å². The second-order valence-electron chi connectivity index (χ2n) is 4.53. The summed E-state index contributed by atoms with van der Waals surface area (Å²) in [4.78, 5) is 32.4. The zero-order valence-corrected chi connectivity index (χ0v) is 15.7. The Morgan fingerprint density at radius 1 is 1.43 bits per heavy atom. The van der Waals surface area contributed by atoms with Gasteiger partial charge >= 0.3 is 5.97 Å². The van der Waals surface area contributed by atoms with Gasteiger partial charge in [0.15, 0.2) is 10.9 Å². The molecule has 1 aromatic heterocycles. The Hall–Kier alpha value is -0.990. The predicted molar refractivity (Wildman–Crippen MR) is 94.3 cm³/mol. The molecule has 1 unspecified atom stereocenters. The second kappa shape index (κ2) is 10.7. The van der Waals surface area contributed by atoms with Crippen LogP contribution in [0.25, 0.3) is 0 Å². The molecule has 1 heterocycles. The van der Waals surface area contributed by atoms with E-state index in [1.165, 1.54) is 25.1 Å². The minimum absolute atomic E-state index is 0.0679. The van der Waals surface area contributed by atoms with Crippen LogP contribution in [0.5, 0.6) is 0 Å². The lowest BCUT2D eigenvalue weighted by Crippen LogP contribution is -2.42. The Labute approximate surface area is 149 Å². The molecule has 1 rings (SSSR count). The first kappa shape index (κ1) is 20.1. The van der Waals surface area contributed by atoms with Gasteiger partial charge in [-0.15, -0.1) is 0 Å². The topological polar surface area (TPSA) is 81.2 Å². The van der Waals surface area contributed by atoms with Crippen molar-refractivity contribution in [2.75, 3.05) is 24.9 Å². The summed E-state index contributed by atoms with van der Waals surface area (Å²) in [5.74, 6) is 0.571. The highest BCUT2D eigenvalue weighted by molar-refractivity contribution is 7.99. The van der Waals surface area contributed by atoms with Crippen molar-refractivity contribution in [2.45, 2.75) is 31.0 Å². The molecule has 6 nitrogen and oxygen atoms in total. The van der Waals surface area contributed by atoms with Gasteiger partial charge < -0.3 is 10.1 Å². The zero-order chi connectivity index (χ0) is 17.2. The summed E-state index contributed by atoms with van der Waals surface area (Å²) in [6, 6.07) is -0.724. The molecule has 23 heavy (non-hydrogen) atoms. The summed E-state index contributed by atoms with van der Waals surface area (Å²) in [5.41, 5.74) is 0.0679. The Morgan fingerprint density at radius 3 is 2.78 bits per heavy atom. The first-order valence-corrected chi connectivity index (χ1v) is 9.82. The van der Waals surface area contributed by atoms with Crippen molar-refractivity contribution in [1.29, 1.82) is 0 Å². The van der Waals surface area contributed by atoms with Crippen LogP contribution in [-0.2, 0) is 9.53 Å². The van der Waals surface area contributed by atoms with Gasteiger partial charge in [-0.25, -0.2) is 14.8 Å². The largest absolute Gasteiger partial charge is 0.467 e. The Bertz CT molecular complexity index is 546. The molecule has 0 aliphatic carbocycles. The van der Waals surface area contributed by atoms with Crippen LogP contribution < -0.4 is 5.32 Å². The highest BCUT2D eigenvalue weighted by Crippen LogP contribution is 2.19. The third-order valence-electron chi connectivity index (χ3n) is 2.77. The number of carbonyl (C=O) groups excluding carboxylic acids is 2. The third kappa shape index (κ3) is 6.56. The molecule has 0 radical (unpaired) electrons. The molecule has 0 saturated heterocycles. The van der Waals surface area contributed by atoms with Crippen molar-refractivity contribution >= 4 is 47.0 Å². The van der Waals surface area contributed by atoms with Crippen molar-refractivity contribution in [3.8, 4) is 0 Å². The molecule has 0 bridgehead atoms. The summed E-state index contributed by atoms with van der Waals surface area (Å²) in [6.07, 6.45) is 4.77. The number of hydrogen-bond acceptors (Lipinski definition) is 7. The maximum Gasteiger partial charge on any atom is 0.328 e. The molecule has 1 N–H and O–H groups in total. The van der Waals surface area contributed by atoms with Crippen LogP contribution in [0.3, 0.4) is 0 Å². The molecular formula is C14H20ClN3O3S2. The van der Waals surface area contributed by atoms with Crippen LogP contribution in [0.15, 0.2) is 11.4 Å². The molecule has 9 heteroatoms. The lowest BCUT2D eigenvalue weighted by Gasteiger charge is -2.16. The van der Waals surface area contributed by atoms with Crippen molar-refractivity contribution in [2.24, 2.45) is 0 Å². The van der Waals surface area contributed by atoms with Crippen molar-refractivity contribution in [1.82, 2.24) is 15.3 Å². The fourth-order valence-corrected chi connectivity index (χ4v) is 2.94. The van der Waals surface area contributed by atoms with Crippen LogP contribution in [-0.4, -0.2) is 52.8 Å². The predicted octanol–water partition coefficient (Wildman–Crippen LogP) is 2.66. The Morgan fingerprint density at radius 2 is 2.17 bits per heavy atom. The van der Waals surface area contributed by atoms with Gasteiger partial charge in [-0.1, -0.05) is 30.3 Å². The molecule has 1 amide bonds. The lowest BCUT2D eigenvalue weighted by atomic mass is 10.2. The summed E-state index contributed by atoms with van der Waals surface area (Å²) in [5, 5.41) is 3.27. The molecule has 0 fully saturated rings. The molecule has 0 aromatic carbocycles. The van der Waals surface area contributed by atoms with Gasteiger partial charge in [-0.2, -0.15) is 11.8 Å². The van der Waals surface area contributed by atoms with Crippen LogP contribution in [0.4, 0.5) is 0 Å². The summed E-state index contributed by atoms with van der Waals surface area (Å²) >= 11 is 9.04. The first-order valence-electron chi connectivity index (χ1n) is 7.06. The van der Waals surface area contributed by atoms with Gasteiger partial charge in [0.1, 0.15) is 6.04 Å². The highest BCUT2D eigenvalue weighted by atomic mass is 35.5. The monoisotopic (exact) mass is 377 g/mol. The van der Waals surface area contributed by atoms with Gasteiger partial charge in [0.2, 0.25) is 0 Å². The molecule has 1 atom stereocenters. The number of methoxy groups -OCH3 is 1. The Balaban J connectivity index is 2.87. The maximum atomic E-state index is 12.4. The number of nitrogens with one attached hydrogen (secondary N) is 1. The van der Waals surface area contributed by atoms with E-state index >= 15 is 0 Å². The number of aromatic nitrogens is 2. The molecule has 0 aliphatic rings. The van der Waals surface area contributed by atoms with Gasteiger partial charge in [-0.3, -0.25) is 4.79 Å². The van der Waals surface area contributed by atoms with E-state index in [-0.39, 0.29) is 10.7 Å². The van der Waals surface area contributed by atoms with E-state index in [4.69, 9.17) is 16.3 Å². The fraction of sp³-hybridized carbons (Fsp3) is 0.571. The molecule has 1 aromatic rings. The lowest BCUT2D eigenvalue weighted by molar-refractivity contribution is -0.142. The first-order chi connectivity index (χ1) is 11.0. The highest BCUT2D eigenvalue weighted by Gasteiger charge is 2.24. The number of hydrogen-bond donors (Lipinski definition) is 1. The number of amides is 1. The van der Waals surface area contributed by atoms with E-state index in [0.29, 0.717) is 11.6 Å². The number of esters is 1. The number of ether oxygens (including phenoxy) is 1. The number of thioether (sulfide) groups is 2. The smallest absolute Gasteiger partial charge is 0.328 e. The second-order valence-corrected chi connectivity index (χ2v) is 6.98. The van der Waals surface area contributed by atoms with Gasteiger partial charge in [0, 0.05) is 5.75 Å². The fourth-order valence-electron chi connectivity index (χ4n) is 1.63. The van der Waals surface area contributed by atoms with E-state index in [0.717, 1.165) is 17.9 Å². The average Bonchev–Trinajstić information content (AvgIpc) is 2.56. The number of nitrogens with zero attached hydrogens (tertiary/aromatic N) is 2. The van der Waals surface area contributed by atoms with Crippen molar-refractivity contribution in [3.05, 3.63) is 16.9 Å². The van der Waals surface area contributed by atoms with Crippen LogP contribution >= 0.6 is 35.1 Å².